The fraction of sp³-hybridized carbons (Fsp3) is 0.296. The van der Waals surface area contributed by atoms with Crippen LogP contribution in [-0.2, 0) is 26.9 Å². The monoisotopic (exact) mass is 534 g/mol. The molecule has 1 aliphatic rings. The number of nitrogens with one attached hydrogen (secondary N) is 1. The second-order valence-electron chi connectivity index (χ2n) is 8.81. The molecule has 0 unspecified atom stereocenters. The maximum absolute atomic E-state index is 13.7. The number of esters is 1. The van der Waals surface area contributed by atoms with E-state index in [0.29, 0.717) is 23.4 Å². The Morgan fingerprint density at radius 1 is 1.15 bits per heavy atom. The van der Waals surface area contributed by atoms with Gasteiger partial charge in [0.15, 0.2) is 0 Å². The number of hydrogen-bond donors (Lipinski definition) is 1. The molecule has 1 radical (unpaired) electrons. The van der Waals surface area contributed by atoms with E-state index in [0.717, 1.165) is 37.7 Å². The zero-order chi connectivity index (χ0) is 27.8. The lowest BCUT2D eigenvalue weighted by molar-refractivity contribution is -0.140. The highest BCUT2D eigenvalue weighted by Gasteiger charge is 2.35. The number of nitrogens with zero attached hydrogens (tertiary/aromatic N) is 4. The molecule has 1 aromatic carbocycles. The van der Waals surface area contributed by atoms with E-state index in [1.54, 1.807) is 19.5 Å². The molecular weight excluding hydrogens is 510 g/mol. The number of pyridine rings is 1. The normalized spacial score (nSPS) is 14.2. The number of anilines is 2. The Bertz CT molecular complexity index is 1380. The molecule has 12 heteroatoms. The van der Waals surface area contributed by atoms with Gasteiger partial charge in [0.1, 0.15) is 17.0 Å². The molecule has 1 aliphatic heterocycles. The van der Waals surface area contributed by atoms with Crippen molar-refractivity contribution in [1.82, 2.24) is 19.8 Å². The van der Waals surface area contributed by atoms with Crippen molar-refractivity contribution in [3.8, 4) is 11.8 Å². The van der Waals surface area contributed by atoms with E-state index < -0.39 is 23.4 Å². The van der Waals surface area contributed by atoms with E-state index >= 15 is 0 Å². The van der Waals surface area contributed by atoms with Crippen LogP contribution in [-0.4, -0.2) is 59.5 Å². The van der Waals surface area contributed by atoms with Crippen LogP contribution in [0.4, 0.5) is 24.8 Å². The summed E-state index contributed by atoms with van der Waals surface area (Å²) in [6.45, 7) is 1.60. The molecular formula is C27H24BF3N5O3. The Labute approximate surface area is 224 Å². The zero-order valence-electron chi connectivity index (χ0n) is 21.0. The van der Waals surface area contributed by atoms with E-state index in [1.807, 2.05) is 29.1 Å². The highest BCUT2D eigenvalue weighted by molar-refractivity contribution is 6.64. The fourth-order valence-corrected chi connectivity index (χ4v) is 4.22. The molecule has 3 aromatic rings. The van der Waals surface area contributed by atoms with Crippen LogP contribution >= 0.6 is 0 Å². The first-order valence-electron chi connectivity index (χ1n) is 12.1. The van der Waals surface area contributed by atoms with Crippen LogP contribution < -0.4 is 5.32 Å². The first-order valence-corrected chi connectivity index (χ1v) is 12.1. The summed E-state index contributed by atoms with van der Waals surface area (Å²) in [7, 11) is 2.80. The highest BCUT2D eigenvalue weighted by Crippen LogP contribution is 2.32. The molecule has 0 aliphatic carbocycles. The molecule has 1 fully saturated rings. The van der Waals surface area contributed by atoms with Crippen molar-refractivity contribution >= 4 is 31.2 Å². The van der Waals surface area contributed by atoms with Crippen LogP contribution in [0, 0.1) is 11.8 Å². The second kappa shape index (κ2) is 12.5. The van der Waals surface area contributed by atoms with Gasteiger partial charge >= 0.3 is 12.1 Å². The van der Waals surface area contributed by atoms with Crippen molar-refractivity contribution in [3.05, 3.63) is 76.9 Å². The van der Waals surface area contributed by atoms with Crippen molar-refractivity contribution in [2.75, 3.05) is 25.5 Å². The molecule has 0 bridgehead atoms. The van der Waals surface area contributed by atoms with Crippen LogP contribution in [0.1, 0.15) is 46.8 Å². The van der Waals surface area contributed by atoms with Gasteiger partial charge in [-0.2, -0.15) is 13.2 Å². The lowest BCUT2D eigenvalue weighted by Crippen LogP contribution is -2.36. The third-order valence-electron chi connectivity index (χ3n) is 6.29. The maximum Gasteiger partial charge on any atom is 0.420 e. The number of carbonyl (C=O) groups is 2. The summed E-state index contributed by atoms with van der Waals surface area (Å²) in [6, 6.07) is 10.7. The molecule has 8 nitrogen and oxygen atoms in total. The summed E-state index contributed by atoms with van der Waals surface area (Å²) in [5, 5.41) is 2.93. The topological polar surface area (TPSA) is 97.3 Å². The molecule has 39 heavy (non-hydrogen) atoms. The number of methoxy groups -OCH3 is 1. The molecule has 1 N–H and O–H groups in total. The summed E-state index contributed by atoms with van der Waals surface area (Å²) < 4.78 is 45.6. The molecule has 4 rings (SSSR count). The van der Waals surface area contributed by atoms with Crippen LogP contribution in [0.3, 0.4) is 0 Å². The van der Waals surface area contributed by atoms with Crippen LogP contribution in [0.15, 0.2) is 48.8 Å². The summed E-state index contributed by atoms with van der Waals surface area (Å²) in [5.74, 6) is 4.84. The molecule has 1 saturated heterocycles. The predicted molar refractivity (Wildman–Crippen MR) is 139 cm³/mol. The van der Waals surface area contributed by atoms with Gasteiger partial charge in [-0.3, -0.25) is 4.79 Å². The second-order valence-corrected chi connectivity index (χ2v) is 8.81. The Balaban J connectivity index is 1.53. The highest BCUT2D eigenvalue weighted by atomic mass is 19.4. The number of alkyl halides is 3. The van der Waals surface area contributed by atoms with Crippen LogP contribution in [0.5, 0.6) is 0 Å². The van der Waals surface area contributed by atoms with Gasteiger partial charge in [0.2, 0.25) is 5.95 Å². The number of piperidine rings is 1. The molecule has 199 valence electrons. The van der Waals surface area contributed by atoms with E-state index in [-0.39, 0.29) is 18.1 Å². The minimum absolute atomic E-state index is 0.0476. The average molecular weight is 534 g/mol. The number of carbonyl (C=O) groups excluding carboxylic acids is 2. The number of ether oxygens (including phenoxy) is 1. The van der Waals surface area contributed by atoms with E-state index in [1.165, 1.54) is 13.3 Å². The summed E-state index contributed by atoms with van der Waals surface area (Å²) in [4.78, 5) is 36.3. The van der Waals surface area contributed by atoms with E-state index in [4.69, 9.17) is 0 Å². The number of halogens is 3. The lowest BCUT2D eigenvalue weighted by atomic mass is 9.84. The molecule has 0 amide bonds. The van der Waals surface area contributed by atoms with Crippen LogP contribution in [0.2, 0.25) is 0 Å². The van der Waals surface area contributed by atoms with Crippen molar-refractivity contribution in [2.24, 2.45) is 0 Å². The van der Waals surface area contributed by atoms with Gasteiger partial charge in [0, 0.05) is 18.1 Å². The lowest BCUT2D eigenvalue weighted by Gasteiger charge is -2.30. The Hall–Kier alpha value is -4.24. The Morgan fingerprint density at radius 3 is 2.54 bits per heavy atom. The predicted octanol–water partition coefficient (Wildman–Crippen LogP) is 3.74. The SMILES string of the molecule is COC(=O)Cc1cccnc1C#Cc1nc(Nc2ccc(C3CCN([B]C=O)CC3)cc2)ncc1C(F)(F)F. The van der Waals surface area contributed by atoms with Crippen LogP contribution in [0.25, 0.3) is 0 Å². The molecule has 0 spiro atoms. The van der Waals surface area contributed by atoms with Gasteiger partial charge in [0.05, 0.1) is 19.7 Å². The summed E-state index contributed by atoms with van der Waals surface area (Å²) in [6.07, 6.45) is -0.101. The number of rotatable bonds is 7. The molecule has 2 aromatic heterocycles. The van der Waals surface area contributed by atoms with E-state index in [9.17, 15) is 22.8 Å². The fourth-order valence-electron chi connectivity index (χ4n) is 4.22. The first kappa shape index (κ1) is 27.8. The Morgan fingerprint density at radius 2 is 1.87 bits per heavy atom. The number of benzene rings is 1. The van der Waals surface area contributed by atoms with Gasteiger partial charge < -0.3 is 19.7 Å². The Kier molecular flexibility index (Phi) is 8.94. The van der Waals surface area contributed by atoms with Gasteiger partial charge in [-0.1, -0.05) is 18.2 Å². The number of aromatic nitrogens is 3. The molecule has 0 atom stereocenters. The third kappa shape index (κ3) is 7.42. The third-order valence-corrected chi connectivity index (χ3v) is 6.29. The zero-order valence-corrected chi connectivity index (χ0v) is 21.0. The molecule has 0 saturated carbocycles. The van der Waals surface area contributed by atoms with Crippen molar-refractivity contribution in [1.29, 1.82) is 0 Å². The van der Waals surface area contributed by atoms with E-state index in [2.05, 4.69) is 36.8 Å². The minimum Gasteiger partial charge on any atom is -0.469 e. The van der Waals surface area contributed by atoms with Gasteiger partial charge in [-0.15, -0.1) is 0 Å². The minimum atomic E-state index is -4.72. The maximum atomic E-state index is 13.7. The van der Waals surface area contributed by atoms with Crippen molar-refractivity contribution in [3.63, 3.8) is 0 Å². The summed E-state index contributed by atoms with van der Waals surface area (Å²) >= 11 is 0. The quantitative estimate of drug-likeness (QED) is 0.212. The largest absolute Gasteiger partial charge is 0.469 e. The first-order chi connectivity index (χ1) is 18.8. The standard InChI is InChI=1S/C27H24BF3N5O3/c1-39-25(38)15-20-3-2-12-32-23(20)8-9-24-22(27(29,30)31)16-33-26(35-24)34-21-6-4-18(5-7-21)19-10-13-36(14-11-19)28-17-37/h2-7,12,16-17,19H,10-11,13-15H2,1H3,(H,33,34,35). The van der Waals surface area contributed by atoms with Crippen molar-refractivity contribution < 1.29 is 27.5 Å². The molecule has 3 heterocycles. The van der Waals surface area contributed by atoms with Gasteiger partial charge in [0.25, 0.3) is 7.41 Å². The average Bonchev–Trinajstić information content (AvgIpc) is 2.93. The number of hydrogen-bond acceptors (Lipinski definition) is 8. The van der Waals surface area contributed by atoms with Gasteiger partial charge in [-0.25, -0.2) is 15.0 Å². The van der Waals surface area contributed by atoms with Gasteiger partial charge in [-0.05, 0) is 73.0 Å². The smallest absolute Gasteiger partial charge is 0.420 e. The van der Waals surface area contributed by atoms with Crippen molar-refractivity contribution in [2.45, 2.75) is 31.4 Å². The summed E-state index contributed by atoms with van der Waals surface area (Å²) in [5.41, 5.74) is 0.711.